The monoisotopic (exact) mass is 338 g/mol. The molecule has 0 amide bonds. The number of halogens is 2. The van der Waals surface area contributed by atoms with Crippen molar-refractivity contribution in [1.82, 2.24) is 0 Å². The Morgan fingerprint density at radius 1 is 1.00 bits per heavy atom. The van der Waals surface area contributed by atoms with Crippen LogP contribution in [-0.2, 0) is 12.8 Å². The highest BCUT2D eigenvalue weighted by atomic mass is 79.9. The van der Waals surface area contributed by atoms with Gasteiger partial charge in [-0.15, -0.1) is 0 Å². The summed E-state index contributed by atoms with van der Waals surface area (Å²) in [6, 6.07) is 16.2. The fraction of sp³-hybridized carbons (Fsp3) is 0.250. The molecule has 2 aromatic rings. The van der Waals surface area contributed by atoms with Crippen LogP contribution in [0.2, 0.25) is 5.02 Å². The summed E-state index contributed by atoms with van der Waals surface area (Å²) in [5.41, 5.74) is 2.44. The third-order valence-corrected chi connectivity index (χ3v) is 3.51. The van der Waals surface area contributed by atoms with Gasteiger partial charge in [-0.3, -0.25) is 0 Å². The fourth-order valence-electron chi connectivity index (χ4n) is 1.91. The molecule has 0 atom stereocenters. The van der Waals surface area contributed by atoms with Crippen LogP contribution in [0.3, 0.4) is 0 Å². The van der Waals surface area contributed by atoms with E-state index >= 15 is 0 Å². The largest absolute Gasteiger partial charge is 0.493 e. The van der Waals surface area contributed by atoms with Crippen molar-refractivity contribution in [1.29, 1.82) is 0 Å². The smallest absolute Gasteiger partial charge is 0.122 e. The minimum absolute atomic E-state index is 0.681. The number of aryl methyl sites for hydroxylation is 1. The molecule has 0 saturated carbocycles. The lowest BCUT2D eigenvalue weighted by molar-refractivity contribution is 0.319. The van der Waals surface area contributed by atoms with E-state index in [4.69, 9.17) is 16.3 Å². The van der Waals surface area contributed by atoms with Crippen LogP contribution in [0.1, 0.15) is 11.1 Å². The summed E-state index contributed by atoms with van der Waals surface area (Å²) in [5.74, 6) is 0.930. The van der Waals surface area contributed by atoms with Gasteiger partial charge in [-0.1, -0.05) is 57.9 Å². The maximum atomic E-state index is 6.01. The van der Waals surface area contributed by atoms with Gasteiger partial charge < -0.3 is 4.74 Å². The molecule has 0 aliphatic heterocycles. The van der Waals surface area contributed by atoms with Crippen molar-refractivity contribution >= 4 is 27.5 Å². The van der Waals surface area contributed by atoms with Gasteiger partial charge in [-0.2, -0.15) is 0 Å². The molecule has 0 aliphatic carbocycles. The summed E-state index contributed by atoms with van der Waals surface area (Å²) in [7, 11) is 0. The molecule has 0 unspecified atom stereocenters. The SMILES string of the molecule is Clc1ccc(OCCc2ccccc2)c(CCBr)c1. The second kappa shape index (κ2) is 7.56. The van der Waals surface area contributed by atoms with E-state index in [0.29, 0.717) is 6.61 Å². The van der Waals surface area contributed by atoms with Crippen LogP contribution in [0.4, 0.5) is 0 Å². The summed E-state index contributed by atoms with van der Waals surface area (Å²) in [6.07, 6.45) is 1.83. The topological polar surface area (TPSA) is 9.23 Å². The highest BCUT2D eigenvalue weighted by Crippen LogP contribution is 2.24. The van der Waals surface area contributed by atoms with Gasteiger partial charge in [0.1, 0.15) is 5.75 Å². The van der Waals surface area contributed by atoms with Crippen LogP contribution in [0.15, 0.2) is 48.5 Å². The quantitative estimate of drug-likeness (QED) is 0.680. The first-order valence-electron chi connectivity index (χ1n) is 6.30. The molecule has 0 N–H and O–H groups in total. The van der Waals surface area contributed by atoms with Gasteiger partial charge in [0.2, 0.25) is 0 Å². The van der Waals surface area contributed by atoms with Gasteiger partial charge >= 0.3 is 0 Å². The molecule has 1 nitrogen and oxygen atoms in total. The van der Waals surface area contributed by atoms with Gasteiger partial charge in [0.15, 0.2) is 0 Å². The number of alkyl halides is 1. The van der Waals surface area contributed by atoms with Crippen LogP contribution < -0.4 is 4.74 Å². The van der Waals surface area contributed by atoms with Crippen molar-refractivity contribution in [2.24, 2.45) is 0 Å². The van der Waals surface area contributed by atoms with E-state index in [1.54, 1.807) is 0 Å². The summed E-state index contributed by atoms with van der Waals surface area (Å²) < 4.78 is 5.87. The third-order valence-electron chi connectivity index (χ3n) is 2.88. The lowest BCUT2D eigenvalue weighted by Gasteiger charge is -2.11. The van der Waals surface area contributed by atoms with Gasteiger partial charge in [0.25, 0.3) is 0 Å². The predicted molar refractivity (Wildman–Crippen MR) is 84.6 cm³/mol. The second-order valence-electron chi connectivity index (χ2n) is 4.28. The Hall–Kier alpha value is -0.990. The van der Waals surface area contributed by atoms with E-state index in [9.17, 15) is 0 Å². The number of rotatable bonds is 6. The Morgan fingerprint density at radius 2 is 1.79 bits per heavy atom. The predicted octanol–water partition coefficient (Wildman–Crippen LogP) is 4.90. The normalized spacial score (nSPS) is 10.4. The number of hydrogen-bond acceptors (Lipinski definition) is 1. The first-order chi connectivity index (χ1) is 9.29. The molecule has 0 heterocycles. The van der Waals surface area contributed by atoms with Gasteiger partial charge in [0.05, 0.1) is 6.61 Å². The first-order valence-corrected chi connectivity index (χ1v) is 7.80. The molecule has 19 heavy (non-hydrogen) atoms. The number of benzene rings is 2. The Kier molecular flexibility index (Phi) is 5.74. The van der Waals surface area contributed by atoms with Gasteiger partial charge in [0, 0.05) is 16.8 Å². The fourth-order valence-corrected chi connectivity index (χ4v) is 2.53. The second-order valence-corrected chi connectivity index (χ2v) is 5.50. The summed E-state index contributed by atoms with van der Waals surface area (Å²) in [4.78, 5) is 0. The molecule has 2 rings (SSSR count). The summed E-state index contributed by atoms with van der Waals surface area (Å²) >= 11 is 9.46. The van der Waals surface area contributed by atoms with Crippen molar-refractivity contribution in [3.8, 4) is 5.75 Å². The summed E-state index contributed by atoms with van der Waals surface area (Å²) in [5, 5.41) is 1.66. The molecule has 0 aliphatic rings. The molecular formula is C16H16BrClO. The minimum atomic E-state index is 0.681. The highest BCUT2D eigenvalue weighted by molar-refractivity contribution is 9.09. The lowest BCUT2D eigenvalue weighted by Crippen LogP contribution is -2.03. The average Bonchev–Trinajstić information content (AvgIpc) is 2.43. The van der Waals surface area contributed by atoms with E-state index in [1.807, 2.05) is 36.4 Å². The molecule has 100 valence electrons. The Balaban J connectivity index is 1.95. The lowest BCUT2D eigenvalue weighted by atomic mass is 10.1. The van der Waals surface area contributed by atoms with Crippen molar-refractivity contribution in [3.05, 3.63) is 64.7 Å². The van der Waals surface area contributed by atoms with Gasteiger partial charge in [-0.05, 0) is 35.7 Å². The van der Waals surface area contributed by atoms with Crippen molar-refractivity contribution < 1.29 is 4.74 Å². The molecule has 0 saturated heterocycles. The van der Waals surface area contributed by atoms with Gasteiger partial charge in [-0.25, -0.2) is 0 Å². The van der Waals surface area contributed by atoms with Crippen molar-refractivity contribution in [3.63, 3.8) is 0 Å². The number of hydrogen-bond donors (Lipinski definition) is 0. The van der Waals surface area contributed by atoms with Crippen LogP contribution in [0, 0.1) is 0 Å². The zero-order valence-corrected chi connectivity index (χ0v) is 13.0. The van der Waals surface area contributed by atoms with E-state index in [1.165, 1.54) is 5.56 Å². The molecular weight excluding hydrogens is 324 g/mol. The maximum Gasteiger partial charge on any atom is 0.122 e. The zero-order chi connectivity index (χ0) is 13.5. The van der Waals surface area contributed by atoms with Crippen molar-refractivity contribution in [2.45, 2.75) is 12.8 Å². The molecule has 2 aromatic carbocycles. The Labute approximate surface area is 127 Å². The zero-order valence-electron chi connectivity index (χ0n) is 10.6. The third kappa shape index (κ3) is 4.55. The van der Waals surface area contributed by atoms with E-state index < -0.39 is 0 Å². The molecule has 0 bridgehead atoms. The van der Waals surface area contributed by atoms with E-state index in [2.05, 4.69) is 28.1 Å². The van der Waals surface area contributed by atoms with Crippen molar-refractivity contribution in [2.75, 3.05) is 11.9 Å². The molecule has 0 spiro atoms. The van der Waals surface area contributed by atoms with E-state index in [-0.39, 0.29) is 0 Å². The first kappa shape index (κ1) is 14.4. The molecule has 0 radical (unpaired) electrons. The van der Waals surface area contributed by atoms with Crippen LogP contribution in [-0.4, -0.2) is 11.9 Å². The maximum absolute atomic E-state index is 6.01. The average molecular weight is 340 g/mol. The van der Waals surface area contributed by atoms with E-state index in [0.717, 1.165) is 34.5 Å². The number of ether oxygens (including phenoxy) is 1. The highest BCUT2D eigenvalue weighted by Gasteiger charge is 2.04. The Morgan fingerprint density at radius 3 is 2.53 bits per heavy atom. The standard InChI is InChI=1S/C16H16BrClO/c17-10-8-14-12-15(18)6-7-16(14)19-11-9-13-4-2-1-3-5-13/h1-7,12H,8-11H2. The summed E-state index contributed by atoms with van der Waals surface area (Å²) in [6.45, 7) is 0.681. The molecule has 0 fully saturated rings. The van der Waals surface area contributed by atoms with Crippen LogP contribution in [0.25, 0.3) is 0 Å². The minimum Gasteiger partial charge on any atom is -0.493 e. The molecule has 0 aromatic heterocycles. The van der Waals surface area contributed by atoms with Crippen LogP contribution in [0.5, 0.6) is 5.75 Å². The molecule has 3 heteroatoms. The van der Waals surface area contributed by atoms with Crippen LogP contribution >= 0.6 is 27.5 Å². The Bertz CT molecular complexity index is 513.